The number of hydrogen-bond donors (Lipinski definition) is 2. The van der Waals surface area contributed by atoms with Crippen LogP contribution >= 0.6 is 24.0 Å². The average molecular weight is 533 g/mol. The minimum absolute atomic E-state index is 0. The molecule has 0 bridgehead atoms. The molecule has 1 aromatic rings. The first-order chi connectivity index (χ1) is 14.2. The van der Waals surface area contributed by atoms with Gasteiger partial charge in [-0.25, -0.2) is 0 Å². The van der Waals surface area contributed by atoms with Gasteiger partial charge in [0.05, 0.1) is 7.11 Å². The van der Waals surface area contributed by atoms with Gasteiger partial charge in [0.25, 0.3) is 0 Å². The number of benzene rings is 1. The van der Waals surface area contributed by atoms with Crippen LogP contribution in [-0.4, -0.2) is 59.2 Å². The molecule has 0 spiro atoms. The van der Waals surface area contributed by atoms with Crippen LogP contribution in [0.3, 0.4) is 0 Å². The predicted octanol–water partition coefficient (Wildman–Crippen LogP) is 3.13. The van der Waals surface area contributed by atoms with Crippen LogP contribution in [0.4, 0.5) is 0 Å². The molecule has 0 saturated carbocycles. The number of halogens is 1. The molecule has 2 heterocycles. The van der Waals surface area contributed by atoms with Crippen molar-refractivity contribution in [3.05, 3.63) is 23.3 Å². The van der Waals surface area contributed by atoms with Gasteiger partial charge < -0.3 is 29.6 Å². The fraction of sp³-hybridized carbons (Fsp3) is 0.682. The Morgan fingerprint density at radius 2 is 2.03 bits per heavy atom. The summed E-state index contributed by atoms with van der Waals surface area (Å²) in [5, 5.41) is 6.70. The third-order valence-corrected chi connectivity index (χ3v) is 5.42. The lowest BCUT2D eigenvalue weighted by molar-refractivity contribution is 0.0203. The van der Waals surface area contributed by atoms with Crippen LogP contribution in [0.15, 0.2) is 17.1 Å². The Morgan fingerprint density at radius 3 is 2.77 bits per heavy atom. The first-order valence-corrected chi connectivity index (χ1v) is 10.7. The molecule has 3 rings (SSSR count). The van der Waals surface area contributed by atoms with Gasteiger partial charge in [0, 0.05) is 64.1 Å². The minimum atomic E-state index is 0. The van der Waals surface area contributed by atoms with Crippen LogP contribution < -0.4 is 20.1 Å². The smallest absolute Gasteiger partial charge is 0.191 e. The van der Waals surface area contributed by atoms with Crippen molar-refractivity contribution in [3.63, 3.8) is 0 Å². The number of rotatable bonds is 9. The third kappa shape index (κ3) is 7.46. The van der Waals surface area contributed by atoms with Crippen molar-refractivity contribution >= 4 is 29.9 Å². The highest BCUT2D eigenvalue weighted by atomic mass is 127. The fourth-order valence-electron chi connectivity index (χ4n) is 3.75. The summed E-state index contributed by atoms with van der Waals surface area (Å²) in [6.07, 6.45) is 4.33. The molecule has 7 nitrogen and oxygen atoms in total. The molecule has 1 atom stereocenters. The van der Waals surface area contributed by atoms with E-state index < -0.39 is 0 Å². The van der Waals surface area contributed by atoms with Crippen molar-refractivity contribution in [3.8, 4) is 11.5 Å². The number of guanidine groups is 1. The lowest BCUT2D eigenvalue weighted by Crippen LogP contribution is -2.37. The molecule has 1 aromatic carbocycles. The summed E-state index contributed by atoms with van der Waals surface area (Å²) in [5.74, 6) is 3.26. The maximum absolute atomic E-state index is 5.88. The number of methoxy groups -OCH3 is 1. The minimum Gasteiger partial charge on any atom is -0.496 e. The summed E-state index contributed by atoms with van der Waals surface area (Å²) in [6.45, 7) is 6.87. The third-order valence-electron chi connectivity index (χ3n) is 5.42. The average Bonchev–Trinajstić information content (AvgIpc) is 3.11. The van der Waals surface area contributed by atoms with Gasteiger partial charge in [0.15, 0.2) is 5.96 Å². The second kappa shape index (κ2) is 13.2. The van der Waals surface area contributed by atoms with Crippen LogP contribution in [0.2, 0.25) is 0 Å². The van der Waals surface area contributed by atoms with E-state index >= 15 is 0 Å². The Labute approximate surface area is 197 Å². The molecular weight excluding hydrogens is 497 g/mol. The highest BCUT2D eigenvalue weighted by Gasteiger charge is 2.21. The van der Waals surface area contributed by atoms with Crippen molar-refractivity contribution in [2.45, 2.75) is 45.3 Å². The quantitative estimate of drug-likeness (QED) is 0.220. The van der Waals surface area contributed by atoms with Crippen LogP contribution in [0.5, 0.6) is 11.5 Å². The van der Waals surface area contributed by atoms with Gasteiger partial charge in [-0.15, -0.1) is 24.0 Å². The lowest BCUT2D eigenvalue weighted by atomic mass is 10.0. The largest absolute Gasteiger partial charge is 0.496 e. The SMILES string of the molecule is CN=C(NCCCOCC1CCOCC1)NCc1cc2c(cc1OC)CC(C)O2.I. The Bertz CT molecular complexity index is 681. The Balaban J connectivity index is 0.00000320. The number of hydrogen-bond acceptors (Lipinski definition) is 5. The molecule has 0 aromatic heterocycles. The maximum Gasteiger partial charge on any atom is 0.191 e. The Morgan fingerprint density at radius 1 is 1.23 bits per heavy atom. The number of ether oxygens (including phenoxy) is 4. The van der Waals surface area contributed by atoms with Crippen molar-refractivity contribution in [1.29, 1.82) is 0 Å². The van der Waals surface area contributed by atoms with E-state index in [0.29, 0.717) is 12.5 Å². The zero-order valence-corrected chi connectivity index (χ0v) is 20.7. The molecule has 1 saturated heterocycles. The van der Waals surface area contributed by atoms with E-state index in [9.17, 15) is 0 Å². The van der Waals surface area contributed by atoms with Gasteiger partial charge in [-0.05, 0) is 44.2 Å². The van der Waals surface area contributed by atoms with Crippen molar-refractivity contribution in [2.24, 2.45) is 10.9 Å². The van der Waals surface area contributed by atoms with Crippen LogP contribution in [-0.2, 0) is 22.4 Å². The molecule has 0 aliphatic carbocycles. The number of nitrogens with zero attached hydrogens (tertiary/aromatic N) is 1. The lowest BCUT2D eigenvalue weighted by Gasteiger charge is -2.21. The standard InChI is InChI=1S/C22H35N3O4.HI/c1-16-11-18-12-20(26-3)19(13-21(18)29-16)14-25-22(23-2)24-7-4-8-28-15-17-5-9-27-10-6-17;/h12-13,16-17H,4-11,14-15H2,1-3H3,(H2,23,24,25);1H. The van der Waals surface area contributed by atoms with Gasteiger partial charge >= 0.3 is 0 Å². The van der Waals surface area contributed by atoms with E-state index in [1.54, 1.807) is 14.2 Å². The number of nitrogens with one attached hydrogen (secondary N) is 2. The van der Waals surface area contributed by atoms with E-state index in [4.69, 9.17) is 18.9 Å². The highest BCUT2D eigenvalue weighted by Crippen LogP contribution is 2.34. The maximum atomic E-state index is 5.88. The molecule has 2 aliphatic rings. The highest BCUT2D eigenvalue weighted by molar-refractivity contribution is 14.0. The second-order valence-electron chi connectivity index (χ2n) is 7.74. The first-order valence-electron chi connectivity index (χ1n) is 10.7. The summed E-state index contributed by atoms with van der Waals surface area (Å²) in [7, 11) is 3.49. The van der Waals surface area contributed by atoms with Gasteiger partial charge in [0.2, 0.25) is 0 Å². The molecule has 2 aliphatic heterocycles. The van der Waals surface area contributed by atoms with Crippen LogP contribution in [0.25, 0.3) is 0 Å². The van der Waals surface area contributed by atoms with Gasteiger partial charge in [-0.1, -0.05) is 0 Å². The van der Waals surface area contributed by atoms with Crippen LogP contribution in [0, 0.1) is 5.92 Å². The van der Waals surface area contributed by atoms with Crippen molar-refractivity contribution < 1.29 is 18.9 Å². The van der Waals surface area contributed by atoms with E-state index in [1.807, 2.05) is 0 Å². The zero-order chi connectivity index (χ0) is 20.5. The summed E-state index contributed by atoms with van der Waals surface area (Å²) in [4.78, 5) is 4.30. The molecule has 0 radical (unpaired) electrons. The molecule has 1 fully saturated rings. The normalized spacial score (nSPS) is 18.9. The molecule has 0 amide bonds. The Hall–Kier alpha value is -1.26. The van der Waals surface area contributed by atoms with E-state index in [-0.39, 0.29) is 30.1 Å². The monoisotopic (exact) mass is 533 g/mol. The molecule has 30 heavy (non-hydrogen) atoms. The van der Waals surface area contributed by atoms with E-state index in [1.165, 1.54) is 5.56 Å². The number of aliphatic imine (C=N–C) groups is 1. The summed E-state index contributed by atoms with van der Waals surface area (Å²) in [6, 6.07) is 4.16. The molecule has 170 valence electrons. The molecule has 2 N–H and O–H groups in total. The Kier molecular flexibility index (Phi) is 11.0. The van der Waals surface area contributed by atoms with E-state index in [2.05, 4.69) is 34.7 Å². The van der Waals surface area contributed by atoms with E-state index in [0.717, 1.165) is 81.7 Å². The summed E-state index contributed by atoms with van der Waals surface area (Å²) >= 11 is 0. The zero-order valence-electron chi connectivity index (χ0n) is 18.4. The second-order valence-corrected chi connectivity index (χ2v) is 7.74. The van der Waals surface area contributed by atoms with Gasteiger partial charge in [-0.3, -0.25) is 4.99 Å². The van der Waals surface area contributed by atoms with Crippen molar-refractivity contribution in [1.82, 2.24) is 10.6 Å². The number of fused-ring (bicyclic) bond motifs is 1. The van der Waals surface area contributed by atoms with Crippen molar-refractivity contribution in [2.75, 3.05) is 47.1 Å². The topological polar surface area (TPSA) is 73.3 Å². The molecule has 1 unspecified atom stereocenters. The summed E-state index contributed by atoms with van der Waals surface area (Å²) < 4.78 is 22.6. The fourth-order valence-corrected chi connectivity index (χ4v) is 3.75. The van der Waals surface area contributed by atoms with Gasteiger partial charge in [-0.2, -0.15) is 0 Å². The predicted molar refractivity (Wildman–Crippen MR) is 129 cm³/mol. The summed E-state index contributed by atoms with van der Waals surface area (Å²) in [5.41, 5.74) is 2.27. The molecular formula is C22H36IN3O4. The first kappa shape index (κ1) is 25.0. The molecule has 8 heteroatoms. The van der Waals surface area contributed by atoms with Gasteiger partial charge in [0.1, 0.15) is 17.6 Å². The van der Waals surface area contributed by atoms with Crippen LogP contribution in [0.1, 0.15) is 37.3 Å².